The lowest BCUT2D eigenvalue weighted by Gasteiger charge is -2.21. The Kier molecular flexibility index (Phi) is 5.92. The molecule has 4 heteroatoms. The maximum atomic E-state index is 12.6. The molecule has 0 aliphatic carbocycles. The summed E-state index contributed by atoms with van der Waals surface area (Å²) in [4.78, 5) is 13.9. The van der Waals surface area contributed by atoms with E-state index in [-0.39, 0.29) is 11.9 Å². The van der Waals surface area contributed by atoms with Crippen LogP contribution in [-0.4, -0.2) is 23.3 Å². The van der Waals surface area contributed by atoms with Crippen molar-refractivity contribution in [3.8, 4) is 0 Å². The Bertz CT molecular complexity index is 667. The standard InChI is InChI=1S/C19H23N3O/c1-15-9-5-6-13-17(15)18(23)22(19(20)21)14-8-7-12-16-10-3-2-4-11-16/h2-6,9-11,13H,7-8,12,14H2,1H3,(H3,20,21). The van der Waals surface area contributed by atoms with Crippen LogP contribution in [0.5, 0.6) is 0 Å². The summed E-state index contributed by atoms with van der Waals surface area (Å²) >= 11 is 0. The average molecular weight is 309 g/mol. The number of nitrogens with one attached hydrogen (secondary N) is 1. The van der Waals surface area contributed by atoms with Crippen molar-refractivity contribution >= 4 is 11.9 Å². The minimum atomic E-state index is -0.199. The van der Waals surface area contributed by atoms with Crippen LogP contribution in [0, 0.1) is 12.3 Å². The predicted octanol–water partition coefficient (Wildman–Crippen LogP) is 3.35. The molecule has 0 heterocycles. The summed E-state index contributed by atoms with van der Waals surface area (Å²) in [7, 11) is 0. The molecule has 0 unspecified atom stereocenters. The van der Waals surface area contributed by atoms with Crippen LogP contribution in [0.15, 0.2) is 54.6 Å². The van der Waals surface area contributed by atoms with Crippen molar-refractivity contribution in [2.45, 2.75) is 26.2 Å². The van der Waals surface area contributed by atoms with Gasteiger partial charge < -0.3 is 5.73 Å². The van der Waals surface area contributed by atoms with Crippen LogP contribution >= 0.6 is 0 Å². The predicted molar refractivity (Wildman–Crippen MR) is 93.5 cm³/mol. The third kappa shape index (κ3) is 4.68. The Labute approximate surface area is 137 Å². The summed E-state index contributed by atoms with van der Waals surface area (Å²) < 4.78 is 0. The Morgan fingerprint density at radius 2 is 1.70 bits per heavy atom. The number of hydrogen-bond donors (Lipinski definition) is 2. The van der Waals surface area contributed by atoms with Crippen molar-refractivity contribution < 1.29 is 4.79 Å². The lowest BCUT2D eigenvalue weighted by atomic mass is 10.1. The molecule has 2 aromatic carbocycles. The van der Waals surface area contributed by atoms with Gasteiger partial charge >= 0.3 is 0 Å². The third-order valence-electron chi connectivity index (χ3n) is 3.85. The smallest absolute Gasteiger partial charge is 0.260 e. The summed E-state index contributed by atoms with van der Waals surface area (Å²) in [5.41, 5.74) is 8.39. The van der Waals surface area contributed by atoms with Crippen molar-refractivity contribution in [2.24, 2.45) is 5.73 Å². The molecule has 0 aliphatic heterocycles. The zero-order valence-electron chi connectivity index (χ0n) is 13.5. The summed E-state index contributed by atoms with van der Waals surface area (Å²) in [6.45, 7) is 2.36. The molecular formula is C19H23N3O. The number of benzene rings is 2. The second kappa shape index (κ2) is 8.13. The number of carbonyl (C=O) groups excluding carboxylic acids is 1. The Morgan fingerprint density at radius 3 is 2.35 bits per heavy atom. The fraction of sp³-hybridized carbons (Fsp3) is 0.263. The molecule has 23 heavy (non-hydrogen) atoms. The van der Waals surface area contributed by atoms with Crippen molar-refractivity contribution in [3.63, 3.8) is 0 Å². The van der Waals surface area contributed by atoms with Crippen LogP contribution < -0.4 is 5.73 Å². The molecule has 0 saturated carbocycles. The zero-order chi connectivity index (χ0) is 16.7. The van der Waals surface area contributed by atoms with E-state index in [1.165, 1.54) is 10.5 Å². The molecule has 1 amide bonds. The molecule has 2 rings (SSSR count). The number of carbonyl (C=O) groups is 1. The SMILES string of the molecule is Cc1ccccc1C(=O)N(CCCCc1ccccc1)C(=N)N. The Balaban J connectivity index is 1.93. The van der Waals surface area contributed by atoms with Gasteiger partial charge in [-0.1, -0.05) is 48.5 Å². The number of amides is 1. The van der Waals surface area contributed by atoms with E-state index in [1.54, 1.807) is 6.07 Å². The van der Waals surface area contributed by atoms with Crippen molar-refractivity contribution in [1.82, 2.24) is 4.90 Å². The van der Waals surface area contributed by atoms with Crippen LogP contribution in [0.3, 0.4) is 0 Å². The fourth-order valence-electron chi connectivity index (χ4n) is 2.53. The number of guanidine groups is 1. The molecule has 0 saturated heterocycles. The maximum absolute atomic E-state index is 12.6. The van der Waals surface area contributed by atoms with Gasteiger partial charge in [0.05, 0.1) is 0 Å². The van der Waals surface area contributed by atoms with E-state index in [1.807, 2.05) is 43.3 Å². The van der Waals surface area contributed by atoms with Crippen molar-refractivity contribution in [2.75, 3.05) is 6.54 Å². The van der Waals surface area contributed by atoms with Gasteiger partial charge in [0.2, 0.25) is 0 Å². The highest BCUT2D eigenvalue weighted by molar-refractivity contribution is 6.05. The Hall–Kier alpha value is -2.62. The van der Waals surface area contributed by atoms with Crippen LogP contribution in [-0.2, 0) is 6.42 Å². The lowest BCUT2D eigenvalue weighted by molar-refractivity contribution is 0.0842. The number of aryl methyl sites for hydroxylation is 2. The minimum absolute atomic E-state index is 0.196. The van der Waals surface area contributed by atoms with Gasteiger partial charge in [-0.2, -0.15) is 0 Å². The zero-order valence-corrected chi connectivity index (χ0v) is 13.5. The summed E-state index contributed by atoms with van der Waals surface area (Å²) in [6, 6.07) is 17.6. The van der Waals surface area contributed by atoms with Crippen LogP contribution in [0.4, 0.5) is 0 Å². The summed E-state index contributed by atoms with van der Waals surface area (Å²) in [6.07, 6.45) is 2.73. The van der Waals surface area contributed by atoms with E-state index in [2.05, 4.69) is 12.1 Å². The molecule has 0 aromatic heterocycles. The maximum Gasteiger partial charge on any atom is 0.260 e. The van der Waals surface area contributed by atoms with Gasteiger partial charge in [-0.25, -0.2) is 0 Å². The quantitative estimate of drug-likeness (QED) is 0.488. The van der Waals surface area contributed by atoms with Gasteiger partial charge in [-0.05, 0) is 43.4 Å². The van der Waals surface area contributed by atoms with Gasteiger partial charge in [0, 0.05) is 12.1 Å². The van der Waals surface area contributed by atoms with Crippen LogP contribution in [0.2, 0.25) is 0 Å². The number of nitrogens with two attached hydrogens (primary N) is 1. The molecule has 4 nitrogen and oxygen atoms in total. The average Bonchev–Trinajstić information content (AvgIpc) is 2.55. The normalized spacial score (nSPS) is 10.3. The van der Waals surface area contributed by atoms with Crippen LogP contribution in [0.1, 0.15) is 34.3 Å². The summed E-state index contributed by atoms with van der Waals surface area (Å²) in [5, 5.41) is 7.68. The van der Waals surface area contributed by atoms with E-state index < -0.39 is 0 Å². The molecule has 2 aromatic rings. The second-order valence-electron chi connectivity index (χ2n) is 5.60. The summed E-state index contributed by atoms with van der Waals surface area (Å²) in [5.74, 6) is -0.395. The molecule has 0 fully saturated rings. The largest absolute Gasteiger partial charge is 0.370 e. The first-order valence-corrected chi connectivity index (χ1v) is 7.85. The molecule has 120 valence electrons. The lowest BCUT2D eigenvalue weighted by Crippen LogP contribution is -2.42. The van der Waals surface area contributed by atoms with Gasteiger partial charge in [0.25, 0.3) is 5.91 Å². The molecule has 3 N–H and O–H groups in total. The fourth-order valence-corrected chi connectivity index (χ4v) is 2.53. The highest BCUT2D eigenvalue weighted by Gasteiger charge is 2.19. The molecule has 0 atom stereocenters. The molecule has 0 radical (unpaired) electrons. The first-order valence-electron chi connectivity index (χ1n) is 7.85. The van der Waals surface area contributed by atoms with Gasteiger partial charge in [0.1, 0.15) is 0 Å². The first kappa shape index (κ1) is 16.7. The molecule has 0 aliphatic rings. The van der Waals surface area contributed by atoms with Crippen molar-refractivity contribution in [3.05, 3.63) is 71.3 Å². The minimum Gasteiger partial charge on any atom is -0.370 e. The van der Waals surface area contributed by atoms with E-state index in [0.29, 0.717) is 12.1 Å². The van der Waals surface area contributed by atoms with E-state index >= 15 is 0 Å². The topological polar surface area (TPSA) is 70.2 Å². The van der Waals surface area contributed by atoms with Crippen molar-refractivity contribution in [1.29, 1.82) is 5.41 Å². The monoisotopic (exact) mass is 309 g/mol. The van der Waals surface area contributed by atoms with Gasteiger partial charge in [-0.3, -0.25) is 15.1 Å². The second-order valence-corrected chi connectivity index (χ2v) is 5.60. The highest BCUT2D eigenvalue weighted by atomic mass is 16.2. The van der Waals surface area contributed by atoms with Crippen LogP contribution in [0.25, 0.3) is 0 Å². The molecule has 0 bridgehead atoms. The number of nitrogens with zero attached hydrogens (tertiary/aromatic N) is 1. The third-order valence-corrected chi connectivity index (χ3v) is 3.85. The van der Waals surface area contributed by atoms with E-state index in [4.69, 9.17) is 11.1 Å². The number of hydrogen-bond acceptors (Lipinski definition) is 2. The number of unbranched alkanes of at least 4 members (excludes halogenated alkanes) is 1. The first-order chi connectivity index (χ1) is 11.1. The highest BCUT2D eigenvalue weighted by Crippen LogP contribution is 2.12. The molecule has 0 spiro atoms. The van der Waals surface area contributed by atoms with Gasteiger partial charge in [0.15, 0.2) is 5.96 Å². The van der Waals surface area contributed by atoms with Gasteiger partial charge in [-0.15, -0.1) is 0 Å². The number of rotatable bonds is 6. The van der Waals surface area contributed by atoms with E-state index in [9.17, 15) is 4.79 Å². The molecular weight excluding hydrogens is 286 g/mol. The Morgan fingerprint density at radius 1 is 1.04 bits per heavy atom. The van der Waals surface area contributed by atoms with E-state index in [0.717, 1.165) is 24.8 Å².